The van der Waals surface area contributed by atoms with Crippen LogP contribution in [-0.2, 0) is 0 Å². The van der Waals surface area contributed by atoms with Crippen LogP contribution in [-0.4, -0.2) is 6.16 Å². The number of fused-ring (bicyclic) bond motifs is 1. The summed E-state index contributed by atoms with van der Waals surface area (Å²) in [5.74, 6) is 1.08. The fourth-order valence-electron chi connectivity index (χ4n) is 4.23. The molecule has 0 spiro atoms. The topological polar surface area (TPSA) is 0 Å². The summed E-state index contributed by atoms with van der Waals surface area (Å²) in [6.45, 7) is 16.8. The largest absolute Gasteiger partial charge is 0.138 e. The van der Waals surface area contributed by atoms with Gasteiger partial charge in [0.1, 0.15) is 0 Å². The molecule has 0 saturated carbocycles. The Morgan fingerprint density at radius 1 is 1.19 bits per heavy atom. The first-order chi connectivity index (χ1) is 12.5. The molecule has 0 fully saturated rings. The van der Waals surface area contributed by atoms with E-state index in [2.05, 4.69) is 86.5 Å². The summed E-state index contributed by atoms with van der Waals surface area (Å²) in [5.41, 5.74) is 9.54. The van der Waals surface area contributed by atoms with Crippen LogP contribution >= 0.6 is 9.24 Å². The molecular formula is C25H33P. The van der Waals surface area contributed by atoms with Crippen molar-refractivity contribution in [2.75, 3.05) is 6.16 Å². The SMILES string of the molecule is C=C\C=C(C)/C(=C\C)C(=C(\C)C(=C)C)/C1CC(CCP)c2ccccc21. The van der Waals surface area contributed by atoms with Crippen molar-refractivity contribution in [3.63, 3.8) is 0 Å². The first kappa shape index (κ1) is 20.7. The highest BCUT2D eigenvalue weighted by Crippen LogP contribution is 2.50. The second kappa shape index (κ2) is 9.33. The van der Waals surface area contributed by atoms with Gasteiger partial charge in [0.15, 0.2) is 0 Å². The van der Waals surface area contributed by atoms with Crippen LogP contribution < -0.4 is 0 Å². The lowest BCUT2D eigenvalue weighted by Crippen LogP contribution is -2.07. The smallest absolute Gasteiger partial charge is 0.0107 e. The van der Waals surface area contributed by atoms with E-state index in [1.54, 1.807) is 0 Å². The summed E-state index contributed by atoms with van der Waals surface area (Å²) in [5, 5.41) is 0. The molecule has 0 saturated heterocycles. The fourth-order valence-corrected chi connectivity index (χ4v) is 4.63. The van der Waals surface area contributed by atoms with E-state index in [0.29, 0.717) is 11.8 Å². The third-order valence-corrected chi connectivity index (χ3v) is 5.94. The average Bonchev–Trinajstić information content (AvgIpc) is 2.98. The van der Waals surface area contributed by atoms with Crippen LogP contribution in [0.1, 0.15) is 63.5 Å². The van der Waals surface area contributed by atoms with Gasteiger partial charge in [0.25, 0.3) is 0 Å². The predicted octanol–water partition coefficient (Wildman–Crippen LogP) is 7.49. The Balaban J connectivity index is 2.65. The second-order valence-corrected chi connectivity index (χ2v) is 7.88. The minimum atomic E-state index is 0.434. The lowest BCUT2D eigenvalue weighted by atomic mass is 9.80. The normalized spacial score (nSPS) is 21.3. The average molecular weight is 365 g/mol. The number of hydrogen-bond donors (Lipinski definition) is 0. The molecular weight excluding hydrogens is 331 g/mol. The number of allylic oxidation sites excluding steroid dienone is 8. The van der Waals surface area contributed by atoms with Gasteiger partial charge in [-0.05, 0) is 86.0 Å². The molecule has 3 unspecified atom stereocenters. The van der Waals surface area contributed by atoms with Crippen LogP contribution in [0.2, 0.25) is 0 Å². The summed E-state index contributed by atoms with van der Waals surface area (Å²) >= 11 is 0. The quantitative estimate of drug-likeness (QED) is 0.347. The fraction of sp³-hybridized carbons (Fsp3) is 0.360. The van der Waals surface area contributed by atoms with Gasteiger partial charge in [-0.1, -0.05) is 61.2 Å². The monoisotopic (exact) mass is 364 g/mol. The Kier molecular flexibility index (Phi) is 7.42. The van der Waals surface area contributed by atoms with E-state index in [1.807, 2.05) is 6.08 Å². The molecule has 0 aromatic heterocycles. The number of hydrogen-bond acceptors (Lipinski definition) is 0. The highest BCUT2D eigenvalue weighted by atomic mass is 31.0. The molecule has 1 aromatic rings. The van der Waals surface area contributed by atoms with E-state index in [-0.39, 0.29) is 0 Å². The van der Waals surface area contributed by atoms with Crippen molar-refractivity contribution in [1.82, 2.24) is 0 Å². The molecule has 2 rings (SSSR count). The summed E-state index contributed by atoms with van der Waals surface area (Å²) in [6, 6.07) is 9.03. The lowest BCUT2D eigenvalue weighted by Gasteiger charge is -2.24. The van der Waals surface area contributed by atoms with Crippen LogP contribution in [0.5, 0.6) is 0 Å². The summed E-state index contributed by atoms with van der Waals surface area (Å²) in [6.07, 6.45) is 9.81. The highest BCUT2D eigenvalue weighted by Gasteiger charge is 2.34. The molecule has 1 heteroatoms. The molecule has 0 N–H and O–H groups in total. The molecule has 1 aliphatic carbocycles. The zero-order chi connectivity index (χ0) is 19.3. The van der Waals surface area contributed by atoms with Crippen molar-refractivity contribution >= 4 is 9.24 Å². The van der Waals surface area contributed by atoms with Crippen LogP contribution in [0.3, 0.4) is 0 Å². The molecule has 1 aromatic carbocycles. The Hall–Kier alpha value is -1.65. The maximum absolute atomic E-state index is 4.25. The number of benzene rings is 1. The van der Waals surface area contributed by atoms with E-state index in [9.17, 15) is 0 Å². The van der Waals surface area contributed by atoms with Crippen LogP contribution in [0.4, 0.5) is 0 Å². The Labute approximate surface area is 162 Å². The van der Waals surface area contributed by atoms with Gasteiger partial charge >= 0.3 is 0 Å². The molecule has 0 radical (unpaired) electrons. The molecule has 1 aliphatic rings. The second-order valence-electron chi connectivity index (χ2n) is 7.30. The first-order valence-electron chi connectivity index (χ1n) is 9.58. The maximum atomic E-state index is 4.25. The van der Waals surface area contributed by atoms with Gasteiger partial charge in [-0.25, -0.2) is 0 Å². The van der Waals surface area contributed by atoms with Crippen LogP contribution in [0.25, 0.3) is 0 Å². The molecule has 0 aliphatic heterocycles. The Bertz CT molecular complexity index is 773. The van der Waals surface area contributed by atoms with Crippen molar-refractivity contribution in [1.29, 1.82) is 0 Å². The third kappa shape index (κ3) is 4.18. The third-order valence-electron chi connectivity index (χ3n) is 5.61. The van der Waals surface area contributed by atoms with Gasteiger partial charge in [0.2, 0.25) is 0 Å². The molecule has 26 heavy (non-hydrogen) atoms. The molecule has 0 bridgehead atoms. The zero-order valence-electron chi connectivity index (χ0n) is 16.8. The van der Waals surface area contributed by atoms with Gasteiger partial charge < -0.3 is 0 Å². The zero-order valence-corrected chi connectivity index (χ0v) is 18.0. The van der Waals surface area contributed by atoms with Crippen molar-refractivity contribution in [3.8, 4) is 0 Å². The lowest BCUT2D eigenvalue weighted by molar-refractivity contribution is 0.619. The number of rotatable bonds is 7. The first-order valence-corrected chi connectivity index (χ1v) is 10.4. The molecule has 0 heterocycles. The molecule has 0 nitrogen and oxygen atoms in total. The van der Waals surface area contributed by atoms with E-state index in [0.717, 1.165) is 11.7 Å². The van der Waals surface area contributed by atoms with E-state index in [4.69, 9.17) is 0 Å². The van der Waals surface area contributed by atoms with Crippen LogP contribution in [0, 0.1) is 0 Å². The van der Waals surface area contributed by atoms with Gasteiger partial charge in [0.05, 0.1) is 0 Å². The Morgan fingerprint density at radius 3 is 2.38 bits per heavy atom. The standard InChI is InChI=1S/C25H33P/c1-7-11-18(5)21(8-2)25(19(6)17(3)4)24-16-20(14-15-26)22-12-9-10-13-23(22)24/h7-13,20,24H,1,3,14-16,26H2,2,4-6H3/b18-11-,21-8+,25-19-. The van der Waals surface area contributed by atoms with Gasteiger partial charge in [-0.15, -0.1) is 9.24 Å². The minimum Gasteiger partial charge on any atom is -0.138 e. The van der Waals surface area contributed by atoms with Crippen molar-refractivity contribution in [2.45, 2.75) is 52.4 Å². The summed E-state index contributed by atoms with van der Waals surface area (Å²) < 4.78 is 0. The van der Waals surface area contributed by atoms with Gasteiger partial charge in [-0.2, -0.15) is 0 Å². The van der Waals surface area contributed by atoms with Crippen molar-refractivity contribution < 1.29 is 0 Å². The van der Waals surface area contributed by atoms with Crippen molar-refractivity contribution in [2.24, 2.45) is 0 Å². The van der Waals surface area contributed by atoms with Crippen molar-refractivity contribution in [3.05, 3.63) is 94.6 Å². The van der Waals surface area contributed by atoms with E-state index >= 15 is 0 Å². The molecule has 0 amide bonds. The minimum absolute atomic E-state index is 0.434. The molecule has 138 valence electrons. The summed E-state index contributed by atoms with van der Waals surface area (Å²) in [4.78, 5) is 0. The van der Waals surface area contributed by atoms with Gasteiger partial charge in [-0.3, -0.25) is 0 Å². The Morgan fingerprint density at radius 2 is 1.85 bits per heavy atom. The maximum Gasteiger partial charge on any atom is 0.0107 e. The van der Waals surface area contributed by atoms with Gasteiger partial charge in [0, 0.05) is 5.92 Å². The molecule has 3 atom stereocenters. The van der Waals surface area contributed by atoms with Crippen LogP contribution in [0.15, 0.2) is 83.5 Å². The van der Waals surface area contributed by atoms with E-state index in [1.165, 1.54) is 46.3 Å². The highest BCUT2D eigenvalue weighted by molar-refractivity contribution is 7.16. The van der Waals surface area contributed by atoms with E-state index < -0.39 is 0 Å². The predicted molar refractivity (Wildman–Crippen MR) is 121 cm³/mol. The summed E-state index contributed by atoms with van der Waals surface area (Å²) in [7, 11) is 2.90.